The molecule has 1 atom stereocenters. The topological polar surface area (TPSA) is 63.3 Å². The lowest BCUT2D eigenvalue weighted by Crippen LogP contribution is -2.59. The maximum Gasteiger partial charge on any atom is 0.324 e. The van der Waals surface area contributed by atoms with Gasteiger partial charge in [-0.2, -0.15) is 0 Å². The van der Waals surface area contributed by atoms with Crippen LogP contribution < -0.4 is 5.73 Å². The quantitative estimate of drug-likeness (QED) is 0.873. The van der Waals surface area contributed by atoms with Gasteiger partial charge in [0.25, 0.3) is 0 Å². The Morgan fingerprint density at radius 1 is 1.41 bits per heavy atom. The van der Waals surface area contributed by atoms with Gasteiger partial charge in [0.05, 0.1) is 0 Å². The van der Waals surface area contributed by atoms with Gasteiger partial charge in [0.1, 0.15) is 5.54 Å². The van der Waals surface area contributed by atoms with Crippen LogP contribution in [0.15, 0.2) is 24.3 Å². The summed E-state index contributed by atoms with van der Waals surface area (Å²) in [5.41, 5.74) is 5.04. The molecule has 0 fully saturated rings. The Labute approximate surface area is 107 Å². The lowest BCUT2D eigenvalue weighted by atomic mass is 9.71. The van der Waals surface area contributed by atoms with E-state index in [4.69, 9.17) is 17.3 Å². The molecule has 0 aliphatic carbocycles. The van der Waals surface area contributed by atoms with E-state index in [9.17, 15) is 9.90 Å². The first-order chi connectivity index (χ1) is 7.67. The summed E-state index contributed by atoms with van der Waals surface area (Å²) in [6.07, 6.45) is 0.256. The summed E-state index contributed by atoms with van der Waals surface area (Å²) >= 11 is 5.88. The van der Waals surface area contributed by atoms with E-state index in [-0.39, 0.29) is 6.42 Å². The molecule has 1 aromatic rings. The van der Waals surface area contributed by atoms with E-state index in [0.717, 1.165) is 5.56 Å². The van der Waals surface area contributed by atoms with Gasteiger partial charge < -0.3 is 10.8 Å². The Kier molecular flexibility index (Phi) is 3.84. The van der Waals surface area contributed by atoms with Crippen LogP contribution in [0.5, 0.6) is 0 Å². The molecule has 0 aliphatic rings. The maximum atomic E-state index is 11.4. The normalized spacial score (nSPS) is 15.4. The standard InChI is InChI=1S/C13H18ClNO2/c1-12(2,3)13(15,11(16)17)8-9-5-4-6-10(14)7-9/h4-7H,8,15H2,1-3H3,(H,16,17)/t13-/m1/s1. The summed E-state index contributed by atoms with van der Waals surface area (Å²) in [5.74, 6) is -0.995. The van der Waals surface area contributed by atoms with Crippen molar-refractivity contribution < 1.29 is 9.90 Å². The highest BCUT2D eigenvalue weighted by Gasteiger charge is 2.45. The first kappa shape index (κ1) is 14.0. The smallest absolute Gasteiger partial charge is 0.324 e. The van der Waals surface area contributed by atoms with E-state index in [1.165, 1.54) is 0 Å². The van der Waals surface area contributed by atoms with Gasteiger partial charge in [-0.1, -0.05) is 44.5 Å². The molecule has 1 aromatic carbocycles. The van der Waals surface area contributed by atoms with E-state index in [0.29, 0.717) is 5.02 Å². The van der Waals surface area contributed by atoms with Gasteiger partial charge in [-0.05, 0) is 23.1 Å². The average Bonchev–Trinajstić information content (AvgIpc) is 2.15. The van der Waals surface area contributed by atoms with Crippen LogP contribution in [0.2, 0.25) is 5.02 Å². The summed E-state index contributed by atoms with van der Waals surface area (Å²) in [7, 11) is 0. The lowest BCUT2D eigenvalue weighted by molar-refractivity contribution is -0.147. The van der Waals surface area contributed by atoms with E-state index >= 15 is 0 Å². The summed E-state index contributed by atoms with van der Waals surface area (Å²) in [6.45, 7) is 5.48. The van der Waals surface area contributed by atoms with E-state index in [2.05, 4.69) is 0 Å². The number of hydrogen-bond donors (Lipinski definition) is 2. The Balaban J connectivity index is 3.08. The zero-order chi connectivity index (χ0) is 13.3. The Morgan fingerprint density at radius 3 is 2.41 bits per heavy atom. The SMILES string of the molecule is CC(C)(C)[C@@](N)(Cc1cccc(Cl)c1)C(=O)O. The lowest BCUT2D eigenvalue weighted by Gasteiger charge is -2.37. The van der Waals surface area contributed by atoms with Crippen molar-refractivity contribution in [2.75, 3.05) is 0 Å². The zero-order valence-electron chi connectivity index (χ0n) is 10.3. The molecule has 1 rings (SSSR count). The van der Waals surface area contributed by atoms with Crippen LogP contribution in [-0.2, 0) is 11.2 Å². The van der Waals surface area contributed by atoms with Gasteiger partial charge in [-0.25, -0.2) is 0 Å². The molecular weight excluding hydrogens is 238 g/mol. The Hall–Kier alpha value is -1.06. The summed E-state index contributed by atoms with van der Waals surface area (Å²) in [4.78, 5) is 11.4. The molecule has 0 aromatic heterocycles. The van der Waals surface area contributed by atoms with Gasteiger partial charge in [0.2, 0.25) is 0 Å². The summed E-state index contributed by atoms with van der Waals surface area (Å²) in [6, 6.07) is 7.13. The van der Waals surface area contributed by atoms with Crippen LogP contribution in [0.25, 0.3) is 0 Å². The highest BCUT2D eigenvalue weighted by molar-refractivity contribution is 6.30. The molecule has 3 N–H and O–H groups in total. The second-order valence-electron chi connectivity index (χ2n) is 5.33. The number of aliphatic carboxylic acids is 1. The van der Waals surface area contributed by atoms with Crippen molar-refractivity contribution in [2.24, 2.45) is 11.1 Å². The van der Waals surface area contributed by atoms with E-state index in [1.807, 2.05) is 26.8 Å². The van der Waals surface area contributed by atoms with Gasteiger partial charge in [0, 0.05) is 11.4 Å². The van der Waals surface area contributed by atoms with Gasteiger partial charge in [0.15, 0.2) is 0 Å². The largest absolute Gasteiger partial charge is 0.480 e. The number of carbonyl (C=O) groups is 1. The third-order valence-electron chi connectivity index (χ3n) is 3.09. The number of halogens is 1. The average molecular weight is 256 g/mol. The van der Waals surface area contributed by atoms with Gasteiger partial charge in [-0.3, -0.25) is 4.79 Å². The molecular formula is C13H18ClNO2. The number of benzene rings is 1. The number of hydrogen-bond acceptors (Lipinski definition) is 2. The second kappa shape index (κ2) is 4.67. The third-order valence-corrected chi connectivity index (χ3v) is 3.33. The number of carboxylic acids is 1. The molecule has 94 valence electrons. The third kappa shape index (κ3) is 2.99. The number of carboxylic acid groups (broad SMARTS) is 1. The molecule has 0 saturated heterocycles. The predicted octanol–water partition coefficient (Wildman–Crippen LogP) is 2.71. The number of rotatable bonds is 3. The Morgan fingerprint density at radius 2 is 2.00 bits per heavy atom. The van der Waals surface area contributed by atoms with Crippen molar-refractivity contribution in [1.29, 1.82) is 0 Å². The molecule has 4 heteroatoms. The summed E-state index contributed by atoms with van der Waals surface area (Å²) in [5, 5.41) is 9.93. The van der Waals surface area contributed by atoms with Gasteiger partial charge >= 0.3 is 5.97 Å². The monoisotopic (exact) mass is 255 g/mol. The molecule has 0 spiro atoms. The first-order valence-electron chi connectivity index (χ1n) is 5.43. The van der Waals surface area contributed by atoms with Crippen molar-refractivity contribution in [3.05, 3.63) is 34.9 Å². The predicted molar refractivity (Wildman–Crippen MR) is 69.2 cm³/mol. The molecule has 0 heterocycles. The first-order valence-corrected chi connectivity index (χ1v) is 5.81. The van der Waals surface area contributed by atoms with Crippen LogP contribution in [0.4, 0.5) is 0 Å². The fourth-order valence-electron chi connectivity index (χ4n) is 1.63. The van der Waals surface area contributed by atoms with Crippen molar-refractivity contribution in [1.82, 2.24) is 0 Å². The van der Waals surface area contributed by atoms with E-state index in [1.54, 1.807) is 18.2 Å². The highest BCUT2D eigenvalue weighted by Crippen LogP contribution is 2.32. The van der Waals surface area contributed by atoms with Crippen molar-refractivity contribution >= 4 is 17.6 Å². The van der Waals surface area contributed by atoms with Crippen LogP contribution in [0.1, 0.15) is 26.3 Å². The molecule has 0 bridgehead atoms. The molecule has 0 radical (unpaired) electrons. The van der Waals surface area contributed by atoms with Crippen molar-refractivity contribution in [3.8, 4) is 0 Å². The number of nitrogens with two attached hydrogens (primary N) is 1. The molecule has 0 aliphatic heterocycles. The zero-order valence-corrected chi connectivity index (χ0v) is 11.1. The van der Waals surface area contributed by atoms with Crippen LogP contribution >= 0.6 is 11.6 Å². The molecule has 3 nitrogen and oxygen atoms in total. The fourth-order valence-corrected chi connectivity index (χ4v) is 1.84. The maximum absolute atomic E-state index is 11.4. The Bertz CT molecular complexity index is 426. The van der Waals surface area contributed by atoms with Crippen LogP contribution in [-0.4, -0.2) is 16.6 Å². The van der Waals surface area contributed by atoms with E-state index < -0.39 is 16.9 Å². The van der Waals surface area contributed by atoms with Crippen LogP contribution in [0.3, 0.4) is 0 Å². The summed E-state index contributed by atoms with van der Waals surface area (Å²) < 4.78 is 0. The molecule has 0 unspecified atom stereocenters. The van der Waals surface area contributed by atoms with Crippen molar-refractivity contribution in [2.45, 2.75) is 32.7 Å². The molecule has 17 heavy (non-hydrogen) atoms. The minimum atomic E-state index is -1.31. The minimum Gasteiger partial charge on any atom is -0.480 e. The minimum absolute atomic E-state index is 0.256. The van der Waals surface area contributed by atoms with Gasteiger partial charge in [-0.15, -0.1) is 0 Å². The van der Waals surface area contributed by atoms with Crippen LogP contribution in [0, 0.1) is 5.41 Å². The fraction of sp³-hybridized carbons (Fsp3) is 0.462. The molecule has 0 amide bonds. The van der Waals surface area contributed by atoms with Crippen molar-refractivity contribution in [3.63, 3.8) is 0 Å². The second-order valence-corrected chi connectivity index (χ2v) is 5.77. The highest BCUT2D eigenvalue weighted by atomic mass is 35.5. The molecule has 0 saturated carbocycles.